The van der Waals surface area contributed by atoms with Crippen molar-refractivity contribution in [3.05, 3.63) is 77.6 Å². The minimum Gasteiger partial charge on any atom is -0.460 e. The van der Waals surface area contributed by atoms with Crippen LogP contribution in [-0.2, 0) is 22.4 Å². The summed E-state index contributed by atoms with van der Waals surface area (Å²) in [4.78, 5) is 13.2. The zero-order chi connectivity index (χ0) is 20.0. The Morgan fingerprint density at radius 3 is 2.04 bits per heavy atom. The predicted octanol–water partition coefficient (Wildman–Crippen LogP) is 3.73. The molecule has 1 aromatic heterocycles. The van der Waals surface area contributed by atoms with Gasteiger partial charge in [-0.25, -0.2) is 5.10 Å². The second-order valence-corrected chi connectivity index (χ2v) is 7.91. The van der Waals surface area contributed by atoms with Crippen LogP contribution in [0.15, 0.2) is 60.7 Å². The van der Waals surface area contributed by atoms with Gasteiger partial charge in [0, 0.05) is 5.92 Å². The summed E-state index contributed by atoms with van der Waals surface area (Å²) < 4.78 is 5.77. The van der Waals surface area contributed by atoms with Crippen molar-refractivity contribution in [1.82, 2.24) is 20.6 Å². The van der Waals surface area contributed by atoms with Crippen molar-refractivity contribution in [3.63, 3.8) is 0 Å². The monoisotopic (exact) mass is 378 g/mol. The maximum atomic E-state index is 13.2. The molecule has 0 saturated carbocycles. The molecule has 0 radical (unpaired) electrons. The maximum absolute atomic E-state index is 13.2. The lowest BCUT2D eigenvalue weighted by atomic mass is 9.82. The number of nitrogens with zero attached hydrogens (tertiary/aromatic N) is 3. The number of hydrogen-bond acceptors (Lipinski definition) is 5. The molecule has 1 N–H and O–H groups in total. The van der Waals surface area contributed by atoms with E-state index in [4.69, 9.17) is 4.74 Å². The lowest BCUT2D eigenvalue weighted by molar-refractivity contribution is -0.161. The maximum Gasteiger partial charge on any atom is 0.310 e. The van der Waals surface area contributed by atoms with Crippen molar-refractivity contribution < 1.29 is 9.53 Å². The summed E-state index contributed by atoms with van der Waals surface area (Å²) in [7, 11) is 0. The van der Waals surface area contributed by atoms with Crippen LogP contribution >= 0.6 is 0 Å². The molecule has 6 nitrogen and oxygen atoms in total. The third kappa shape index (κ3) is 5.49. The average Bonchev–Trinajstić information content (AvgIpc) is 3.19. The van der Waals surface area contributed by atoms with Gasteiger partial charge in [-0.15, -0.1) is 5.10 Å². The van der Waals surface area contributed by atoms with Crippen LogP contribution in [0.3, 0.4) is 0 Å². The lowest BCUT2D eigenvalue weighted by Crippen LogP contribution is -2.34. The molecule has 3 aromatic rings. The Morgan fingerprint density at radius 2 is 1.54 bits per heavy atom. The molecule has 2 unspecified atom stereocenters. The molecule has 0 fully saturated rings. The van der Waals surface area contributed by atoms with E-state index < -0.39 is 11.5 Å². The van der Waals surface area contributed by atoms with E-state index in [1.54, 1.807) is 0 Å². The van der Waals surface area contributed by atoms with Gasteiger partial charge in [0.25, 0.3) is 0 Å². The first-order valence-electron chi connectivity index (χ1n) is 9.47. The fourth-order valence-corrected chi connectivity index (χ4v) is 3.26. The van der Waals surface area contributed by atoms with Gasteiger partial charge in [0.15, 0.2) is 5.82 Å². The zero-order valence-electron chi connectivity index (χ0n) is 16.5. The number of carbonyl (C=O) groups is 1. The number of tetrazole rings is 1. The summed E-state index contributed by atoms with van der Waals surface area (Å²) in [6.45, 7) is 5.64. The van der Waals surface area contributed by atoms with E-state index in [0.717, 1.165) is 11.1 Å². The number of benzene rings is 2. The number of aromatic amines is 1. The number of ether oxygens (including phenoxy) is 1. The van der Waals surface area contributed by atoms with Gasteiger partial charge >= 0.3 is 5.97 Å². The van der Waals surface area contributed by atoms with E-state index in [-0.39, 0.29) is 11.9 Å². The van der Waals surface area contributed by atoms with E-state index >= 15 is 0 Å². The lowest BCUT2D eigenvalue weighted by Gasteiger charge is -2.28. The van der Waals surface area contributed by atoms with Crippen molar-refractivity contribution in [2.45, 2.75) is 45.1 Å². The predicted molar refractivity (Wildman–Crippen MR) is 107 cm³/mol. The SMILES string of the molecule is CC(C)(C)OC(=O)C(Cc1ccccc1)C(Cc1ccccc1)c1nnn[nH]1. The van der Waals surface area contributed by atoms with Crippen LogP contribution in [0.2, 0.25) is 0 Å². The van der Waals surface area contributed by atoms with E-state index in [1.807, 2.05) is 81.4 Å². The second-order valence-electron chi connectivity index (χ2n) is 7.91. The number of hydrogen-bond donors (Lipinski definition) is 1. The molecular formula is C22H26N4O2. The van der Waals surface area contributed by atoms with Crippen LogP contribution < -0.4 is 0 Å². The summed E-state index contributed by atoms with van der Waals surface area (Å²) in [5, 5.41) is 14.5. The molecule has 146 valence electrons. The molecule has 0 aliphatic heterocycles. The van der Waals surface area contributed by atoms with E-state index in [1.165, 1.54) is 0 Å². The fraction of sp³-hybridized carbons (Fsp3) is 0.364. The van der Waals surface area contributed by atoms with Crippen molar-refractivity contribution in [1.29, 1.82) is 0 Å². The fourth-order valence-electron chi connectivity index (χ4n) is 3.26. The van der Waals surface area contributed by atoms with Gasteiger partial charge in [-0.05, 0) is 55.2 Å². The van der Waals surface area contributed by atoms with Crippen molar-refractivity contribution >= 4 is 5.97 Å². The molecule has 1 heterocycles. The molecule has 0 aliphatic carbocycles. The minimum absolute atomic E-state index is 0.229. The molecule has 0 aliphatic rings. The third-order valence-corrected chi connectivity index (χ3v) is 4.51. The van der Waals surface area contributed by atoms with Gasteiger partial charge < -0.3 is 4.74 Å². The molecule has 3 rings (SSSR count). The summed E-state index contributed by atoms with van der Waals surface area (Å²) in [6.07, 6.45) is 1.18. The zero-order valence-corrected chi connectivity index (χ0v) is 16.5. The van der Waals surface area contributed by atoms with Crippen LogP contribution in [0.5, 0.6) is 0 Å². The normalized spacial score (nSPS) is 13.7. The van der Waals surface area contributed by atoms with E-state index in [9.17, 15) is 4.79 Å². The Morgan fingerprint density at radius 1 is 0.964 bits per heavy atom. The van der Waals surface area contributed by atoms with Crippen molar-refractivity contribution in [2.24, 2.45) is 5.92 Å². The number of rotatable bonds is 7. The largest absolute Gasteiger partial charge is 0.460 e. The molecular weight excluding hydrogens is 352 g/mol. The Labute approximate surface area is 165 Å². The van der Waals surface area contributed by atoms with Gasteiger partial charge in [-0.3, -0.25) is 4.79 Å². The number of esters is 1. The first kappa shape index (κ1) is 19.7. The third-order valence-electron chi connectivity index (χ3n) is 4.51. The van der Waals surface area contributed by atoms with Gasteiger partial charge in [0.1, 0.15) is 5.60 Å². The second kappa shape index (κ2) is 8.78. The number of H-pyrrole nitrogens is 1. The number of aromatic nitrogens is 4. The average molecular weight is 378 g/mol. The quantitative estimate of drug-likeness (QED) is 0.634. The van der Waals surface area contributed by atoms with Crippen LogP contribution in [0.1, 0.15) is 43.6 Å². The van der Waals surface area contributed by atoms with Crippen molar-refractivity contribution in [2.75, 3.05) is 0 Å². The highest BCUT2D eigenvalue weighted by atomic mass is 16.6. The standard InChI is InChI=1S/C22H26N4O2/c1-22(2,3)28-21(27)19(15-17-12-8-5-9-13-17)18(20-23-25-26-24-20)14-16-10-6-4-7-11-16/h4-13,18-19H,14-15H2,1-3H3,(H,23,24,25,26). The minimum atomic E-state index is -0.566. The van der Waals surface area contributed by atoms with Gasteiger partial charge in [-0.2, -0.15) is 0 Å². The van der Waals surface area contributed by atoms with Crippen molar-refractivity contribution in [3.8, 4) is 0 Å². The molecule has 0 spiro atoms. The van der Waals surface area contributed by atoms with Crippen LogP contribution in [-0.4, -0.2) is 32.2 Å². The number of nitrogens with one attached hydrogen (secondary N) is 1. The van der Waals surface area contributed by atoms with Gasteiger partial charge in [0.05, 0.1) is 5.92 Å². The summed E-state index contributed by atoms with van der Waals surface area (Å²) in [5.74, 6) is -0.298. The molecule has 0 saturated heterocycles. The highest BCUT2D eigenvalue weighted by molar-refractivity contribution is 5.74. The summed E-state index contributed by atoms with van der Waals surface area (Å²) in [5.41, 5.74) is 1.62. The Kier molecular flexibility index (Phi) is 6.19. The molecule has 2 aromatic carbocycles. The highest BCUT2D eigenvalue weighted by Gasteiger charge is 2.35. The highest BCUT2D eigenvalue weighted by Crippen LogP contribution is 2.31. The molecule has 0 amide bonds. The Bertz CT molecular complexity index is 859. The number of carbonyl (C=O) groups excluding carboxylic acids is 1. The molecule has 2 atom stereocenters. The van der Waals surface area contributed by atoms with Crippen LogP contribution in [0.25, 0.3) is 0 Å². The Balaban J connectivity index is 1.96. The first-order valence-corrected chi connectivity index (χ1v) is 9.47. The molecule has 6 heteroatoms. The van der Waals surface area contributed by atoms with Gasteiger partial charge in [0.2, 0.25) is 0 Å². The topological polar surface area (TPSA) is 80.8 Å². The summed E-state index contributed by atoms with van der Waals surface area (Å²) >= 11 is 0. The van der Waals surface area contributed by atoms with E-state index in [2.05, 4.69) is 20.6 Å². The smallest absolute Gasteiger partial charge is 0.310 e. The molecule has 0 bridgehead atoms. The van der Waals surface area contributed by atoms with Crippen LogP contribution in [0, 0.1) is 5.92 Å². The van der Waals surface area contributed by atoms with Gasteiger partial charge in [-0.1, -0.05) is 60.7 Å². The first-order chi connectivity index (χ1) is 13.4. The Hall–Kier alpha value is -3.02. The molecule has 28 heavy (non-hydrogen) atoms. The summed E-state index contributed by atoms with van der Waals surface area (Å²) in [6, 6.07) is 20.0. The van der Waals surface area contributed by atoms with Crippen LogP contribution in [0.4, 0.5) is 0 Å². The van der Waals surface area contributed by atoms with E-state index in [0.29, 0.717) is 18.7 Å².